The van der Waals surface area contributed by atoms with Crippen molar-refractivity contribution in [3.05, 3.63) is 111 Å². The van der Waals surface area contributed by atoms with Crippen LogP contribution in [0.1, 0.15) is 11.1 Å². The quantitative estimate of drug-likeness (QED) is 0.306. The number of aryl methyl sites for hydroxylation is 1. The molecular formula is C27H19ClO3. The van der Waals surface area contributed by atoms with Gasteiger partial charge in [-0.25, -0.2) is 0 Å². The Morgan fingerprint density at radius 1 is 0.871 bits per heavy atom. The molecule has 3 nitrogen and oxygen atoms in total. The molecule has 0 aliphatic rings. The molecule has 1 aromatic heterocycles. The van der Waals surface area contributed by atoms with E-state index in [9.17, 15) is 4.79 Å². The first kappa shape index (κ1) is 19.4. The number of rotatable bonds is 4. The van der Waals surface area contributed by atoms with Gasteiger partial charge in [-0.15, -0.1) is 0 Å². The van der Waals surface area contributed by atoms with Crippen molar-refractivity contribution in [2.45, 2.75) is 13.5 Å². The molecule has 5 rings (SSSR count). The fraction of sp³-hybridized carbons (Fsp3) is 0.0741. The second kappa shape index (κ2) is 7.93. The summed E-state index contributed by atoms with van der Waals surface area (Å²) in [5.74, 6) is 0.506. The van der Waals surface area contributed by atoms with Crippen LogP contribution in [-0.4, -0.2) is 0 Å². The van der Waals surface area contributed by atoms with E-state index in [1.54, 1.807) is 12.1 Å². The molecular weight excluding hydrogens is 408 g/mol. The van der Waals surface area contributed by atoms with Gasteiger partial charge in [-0.3, -0.25) is 4.79 Å². The van der Waals surface area contributed by atoms with Gasteiger partial charge in [0.05, 0.1) is 10.4 Å². The van der Waals surface area contributed by atoms with E-state index in [1.165, 1.54) is 0 Å². The van der Waals surface area contributed by atoms with Gasteiger partial charge in [0, 0.05) is 5.56 Å². The number of ether oxygens (including phenoxy) is 1. The monoisotopic (exact) mass is 426 g/mol. The number of halogens is 1. The molecule has 4 heteroatoms. The normalized spacial score (nSPS) is 11.2. The molecule has 0 bridgehead atoms. The first-order valence-corrected chi connectivity index (χ1v) is 10.4. The first-order valence-electron chi connectivity index (χ1n) is 10.0. The van der Waals surface area contributed by atoms with Crippen LogP contribution in [0.15, 0.2) is 94.1 Å². The minimum absolute atomic E-state index is 0.164. The minimum atomic E-state index is -0.212. The lowest BCUT2D eigenvalue weighted by molar-refractivity contribution is 0.299. The molecule has 0 spiro atoms. The summed E-state index contributed by atoms with van der Waals surface area (Å²) in [7, 11) is 0. The van der Waals surface area contributed by atoms with Crippen LogP contribution >= 0.6 is 11.6 Å². The van der Waals surface area contributed by atoms with Gasteiger partial charge in [0.15, 0.2) is 5.76 Å². The first-order chi connectivity index (χ1) is 15.1. The third-order valence-electron chi connectivity index (χ3n) is 5.38. The van der Waals surface area contributed by atoms with Gasteiger partial charge in [-0.05, 0) is 53.1 Å². The van der Waals surface area contributed by atoms with Gasteiger partial charge >= 0.3 is 0 Å². The lowest BCUT2D eigenvalue weighted by Gasteiger charge is -2.14. The predicted molar refractivity (Wildman–Crippen MR) is 126 cm³/mol. The molecule has 0 saturated heterocycles. The number of hydrogen-bond acceptors (Lipinski definition) is 3. The fourth-order valence-electron chi connectivity index (χ4n) is 3.81. The zero-order chi connectivity index (χ0) is 21.4. The molecule has 0 unspecified atom stereocenters. The van der Waals surface area contributed by atoms with Crippen molar-refractivity contribution >= 4 is 33.3 Å². The topological polar surface area (TPSA) is 39.4 Å². The molecule has 5 aromatic rings. The minimum Gasteiger partial charge on any atom is -0.481 e. The second-order valence-electron chi connectivity index (χ2n) is 7.50. The molecule has 1 heterocycles. The predicted octanol–water partition coefficient (Wildman–Crippen LogP) is 7.15. The van der Waals surface area contributed by atoms with Crippen molar-refractivity contribution in [3.8, 4) is 17.1 Å². The molecule has 0 saturated carbocycles. The van der Waals surface area contributed by atoms with Crippen molar-refractivity contribution in [1.82, 2.24) is 0 Å². The molecule has 4 aromatic carbocycles. The fourth-order valence-corrected chi connectivity index (χ4v) is 4.03. The van der Waals surface area contributed by atoms with E-state index in [1.807, 2.05) is 61.5 Å². The van der Waals surface area contributed by atoms with Gasteiger partial charge in [-0.1, -0.05) is 72.3 Å². The van der Waals surface area contributed by atoms with E-state index in [2.05, 4.69) is 18.2 Å². The van der Waals surface area contributed by atoms with Gasteiger partial charge < -0.3 is 9.15 Å². The molecule has 0 amide bonds. The van der Waals surface area contributed by atoms with Crippen molar-refractivity contribution in [2.24, 2.45) is 0 Å². The van der Waals surface area contributed by atoms with E-state index in [4.69, 9.17) is 20.8 Å². The number of fused-ring (bicyclic) bond motifs is 2. The van der Waals surface area contributed by atoms with Crippen molar-refractivity contribution in [3.63, 3.8) is 0 Å². The smallest absolute Gasteiger partial charge is 0.235 e. The highest BCUT2D eigenvalue weighted by Gasteiger charge is 2.20. The van der Waals surface area contributed by atoms with Crippen molar-refractivity contribution in [2.75, 3.05) is 0 Å². The zero-order valence-electron chi connectivity index (χ0n) is 16.9. The molecule has 0 radical (unpaired) electrons. The highest BCUT2D eigenvalue weighted by Crippen LogP contribution is 2.36. The Labute approximate surface area is 184 Å². The Balaban J connectivity index is 1.67. The maximum absolute atomic E-state index is 13.4. The van der Waals surface area contributed by atoms with Crippen LogP contribution in [0, 0.1) is 6.92 Å². The van der Waals surface area contributed by atoms with E-state index in [-0.39, 0.29) is 17.8 Å². The van der Waals surface area contributed by atoms with Crippen LogP contribution in [0.25, 0.3) is 33.1 Å². The van der Waals surface area contributed by atoms with Crippen molar-refractivity contribution < 1.29 is 9.15 Å². The van der Waals surface area contributed by atoms with Crippen LogP contribution < -0.4 is 10.2 Å². The summed E-state index contributed by atoms with van der Waals surface area (Å²) in [5, 5.41) is 3.18. The third kappa shape index (κ3) is 3.58. The summed E-state index contributed by atoms with van der Waals surface area (Å²) < 4.78 is 12.3. The standard InChI is InChI=1S/C27H19ClO3/c1-17-13-14-22-24(15-17)31-26(21-11-4-5-12-23(21)28)27(25(22)29)30-16-19-9-6-8-18-7-2-3-10-20(18)19/h2-15H,16H2,1H3. The van der Waals surface area contributed by atoms with E-state index < -0.39 is 0 Å². The Hall–Kier alpha value is -3.56. The highest BCUT2D eigenvalue weighted by atomic mass is 35.5. The number of benzene rings is 4. The summed E-state index contributed by atoms with van der Waals surface area (Å²) >= 11 is 6.44. The van der Waals surface area contributed by atoms with Gasteiger partial charge in [0.25, 0.3) is 0 Å². The second-order valence-corrected chi connectivity index (χ2v) is 7.90. The largest absolute Gasteiger partial charge is 0.481 e. The maximum atomic E-state index is 13.4. The summed E-state index contributed by atoms with van der Waals surface area (Å²) in [4.78, 5) is 13.4. The Kier molecular flexibility index (Phi) is 4.97. The summed E-state index contributed by atoms with van der Waals surface area (Å²) in [6.45, 7) is 2.19. The Morgan fingerprint density at radius 2 is 1.65 bits per heavy atom. The molecule has 0 N–H and O–H groups in total. The highest BCUT2D eigenvalue weighted by molar-refractivity contribution is 6.33. The van der Waals surface area contributed by atoms with Gasteiger partial charge in [0.1, 0.15) is 12.2 Å². The lowest BCUT2D eigenvalue weighted by atomic mass is 10.1. The molecule has 152 valence electrons. The Bertz CT molecular complexity index is 1480. The van der Waals surface area contributed by atoms with E-state index in [0.717, 1.165) is 21.9 Å². The average Bonchev–Trinajstić information content (AvgIpc) is 2.78. The molecule has 0 atom stereocenters. The molecule has 31 heavy (non-hydrogen) atoms. The summed E-state index contributed by atoms with van der Waals surface area (Å²) in [6.07, 6.45) is 0. The number of hydrogen-bond donors (Lipinski definition) is 0. The van der Waals surface area contributed by atoms with Gasteiger partial charge in [0.2, 0.25) is 11.2 Å². The van der Waals surface area contributed by atoms with Crippen molar-refractivity contribution in [1.29, 1.82) is 0 Å². The lowest BCUT2D eigenvalue weighted by Crippen LogP contribution is -2.10. The van der Waals surface area contributed by atoms with Crippen LogP contribution in [0.4, 0.5) is 0 Å². The van der Waals surface area contributed by atoms with E-state index >= 15 is 0 Å². The molecule has 0 fully saturated rings. The van der Waals surface area contributed by atoms with E-state index in [0.29, 0.717) is 27.3 Å². The van der Waals surface area contributed by atoms with Gasteiger partial charge in [-0.2, -0.15) is 0 Å². The summed E-state index contributed by atoms with van der Waals surface area (Å²) in [6, 6.07) is 27.0. The molecule has 0 aliphatic heterocycles. The maximum Gasteiger partial charge on any atom is 0.235 e. The Morgan fingerprint density at radius 3 is 2.52 bits per heavy atom. The summed E-state index contributed by atoms with van der Waals surface area (Å²) in [5.41, 5.74) is 2.92. The average molecular weight is 427 g/mol. The molecule has 0 aliphatic carbocycles. The zero-order valence-corrected chi connectivity index (χ0v) is 17.6. The van der Waals surface area contributed by atoms with Crippen LogP contribution in [-0.2, 0) is 6.61 Å². The SMILES string of the molecule is Cc1ccc2c(=O)c(OCc3cccc4ccccc34)c(-c3ccccc3Cl)oc2c1. The third-order valence-corrected chi connectivity index (χ3v) is 5.71. The van der Waals surface area contributed by atoms with Crippen LogP contribution in [0.5, 0.6) is 5.75 Å². The van der Waals surface area contributed by atoms with Crippen LogP contribution in [0.3, 0.4) is 0 Å². The van der Waals surface area contributed by atoms with Crippen LogP contribution in [0.2, 0.25) is 5.02 Å².